The maximum Gasteiger partial charge on any atom is 0.303 e. The van der Waals surface area contributed by atoms with Gasteiger partial charge in [-0.3, -0.25) is 9.59 Å². The van der Waals surface area contributed by atoms with Gasteiger partial charge in [0, 0.05) is 37.1 Å². The lowest BCUT2D eigenvalue weighted by Crippen LogP contribution is -2.40. The molecular weight excluding hydrogens is 616 g/mol. The molecule has 49 heavy (non-hydrogen) atoms. The van der Waals surface area contributed by atoms with Gasteiger partial charge in [0.2, 0.25) is 5.91 Å². The number of benzene rings is 2. The van der Waals surface area contributed by atoms with Crippen LogP contribution in [0.15, 0.2) is 48.5 Å². The van der Waals surface area contributed by atoms with Crippen molar-refractivity contribution >= 4 is 17.6 Å². The van der Waals surface area contributed by atoms with Gasteiger partial charge in [0.25, 0.3) is 0 Å². The van der Waals surface area contributed by atoms with Gasteiger partial charge in [0.1, 0.15) is 0 Å². The van der Waals surface area contributed by atoms with Crippen molar-refractivity contribution in [3.8, 4) is 0 Å². The topological polar surface area (TPSA) is 108 Å². The summed E-state index contributed by atoms with van der Waals surface area (Å²) in [6, 6.07) is 15.7. The van der Waals surface area contributed by atoms with Crippen molar-refractivity contribution in [2.24, 2.45) is 0 Å². The van der Waals surface area contributed by atoms with Crippen LogP contribution in [-0.2, 0) is 25.7 Å². The van der Waals surface area contributed by atoms with E-state index in [0.29, 0.717) is 24.9 Å². The van der Waals surface area contributed by atoms with Crippen LogP contribution in [0.2, 0.25) is 0 Å². The molecule has 8 heteroatoms. The average Bonchev–Trinajstić information content (AvgIpc) is 3.11. The van der Waals surface area contributed by atoms with E-state index in [1.54, 1.807) is 0 Å². The number of carbonyl (C=O) groups is 2. The average molecular weight is 681 g/mol. The number of aliphatic carboxylic acids is 1. The van der Waals surface area contributed by atoms with E-state index in [0.717, 1.165) is 49.2 Å². The fourth-order valence-corrected chi connectivity index (χ4v) is 6.53. The second-order valence-corrected chi connectivity index (χ2v) is 13.8. The number of ether oxygens (including phenoxy) is 2. The summed E-state index contributed by atoms with van der Waals surface area (Å²) in [6.45, 7) is 7.60. The number of aliphatic hydroxyl groups excluding tert-OH is 1. The molecular formula is C41H64N2O6. The maximum absolute atomic E-state index is 12.5. The molecule has 0 aromatic heterocycles. The zero-order chi connectivity index (χ0) is 35.1. The number of unbranched alkanes of at least 4 members (excludes halogenated alkanes) is 12. The minimum absolute atomic E-state index is 0.00181. The van der Waals surface area contributed by atoms with Crippen LogP contribution in [0.3, 0.4) is 0 Å². The molecule has 3 rings (SSSR count). The monoisotopic (exact) mass is 680 g/mol. The Labute approximate surface area is 296 Å². The number of nitrogens with one attached hydrogen (secondary N) is 1. The van der Waals surface area contributed by atoms with E-state index in [1.807, 2.05) is 36.4 Å². The molecule has 8 nitrogen and oxygen atoms in total. The van der Waals surface area contributed by atoms with Crippen LogP contribution < -0.4 is 5.32 Å². The molecule has 2 aromatic rings. The van der Waals surface area contributed by atoms with Crippen LogP contribution in [0.5, 0.6) is 0 Å². The molecule has 1 heterocycles. The third-order valence-corrected chi connectivity index (χ3v) is 9.49. The highest BCUT2D eigenvalue weighted by molar-refractivity contribution is 5.90. The summed E-state index contributed by atoms with van der Waals surface area (Å²) in [5, 5.41) is 21.3. The molecule has 1 fully saturated rings. The van der Waals surface area contributed by atoms with Crippen LogP contribution in [-0.4, -0.2) is 52.7 Å². The Morgan fingerprint density at radius 2 is 1.27 bits per heavy atom. The van der Waals surface area contributed by atoms with Gasteiger partial charge in [-0.1, -0.05) is 121 Å². The molecule has 2 aromatic carbocycles. The number of aliphatic hydroxyl groups is 1. The highest BCUT2D eigenvalue weighted by atomic mass is 16.7. The summed E-state index contributed by atoms with van der Waals surface area (Å²) in [4.78, 5) is 25.8. The van der Waals surface area contributed by atoms with Crippen LogP contribution >= 0.6 is 0 Å². The normalized spacial score (nSPS) is 17.8. The zero-order valence-electron chi connectivity index (χ0n) is 30.4. The molecule has 0 spiro atoms. The number of anilines is 1. The molecule has 0 unspecified atom stereocenters. The van der Waals surface area contributed by atoms with Crippen molar-refractivity contribution in [2.75, 3.05) is 25.0 Å². The van der Waals surface area contributed by atoms with Gasteiger partial charge < -0.3 is 29.9 Å². The van der Waals surface area contributed by atoms with Gasteiger partial charge >= 0.3 is 5.97 Å². The Hall–Kier alpha value is -2.78. The predicted molar refractivity (Wildman–Crippen MR) is 197 cm³/mol. The van der Waals surface area contributed by atoms with Gasteiger partial charge in [-0.25, -0.2) is 0 Å². The number of carbonyl (C=O) groups excluding carboxylic acids is 1. The summed E-state index contributed by atoms with van der Waals surface area (Å²) in [5.74, 6) is -0.873. The highest BCUT2D eigenvalue weighted by Crippen LogP contribution is 2.38. The Bertz CT molecular complexity index is 1160. The van der Waals surface area contributed by atoms with Crippen molar-refractivity contribution in [3.05, 3.63) is 65.2 Å². The lowest BCUT2D eigenvalue weighted by molar-refractivity contribution is -0.253. The van der Waals surface area contributed by atoms with Crippen molar-refractivity contribution in [3.63, 3.8) is 0 Å². The Morgan fingerprint density at radius 3 is 1.86 bits per heavy atom. The smallest absolute Gasteiger partial charge is 0.303 e. The molecule has 3 atom stereocenters. The lowest BCUT2D eigenvalue weighted by Gasteiger charge is -2.38. The summed E-state index contributed by atoms with van der Waals surface area (Å²) < 4.78 is 13.3. The van der Waals surface area contributed by atoms with E-state index >= 15 is 0 Å². The van der Waals surface area contributed by atoms with E-state index in [9.17, 15) is 14.7 Å². The molecule has 0 saturated carbocycles. The van der Waals surface area contributed by atoms with Gasteiger partial charge in [-0.15, -0.1) is 0 Å². The fraction of sp³-hybridized carbons (Fsp3) is 0.659. The minimum Gasteiger partial charge on any atom is -0.481 e. The first-order valence-electron chi connectivity index (χ1n) is 19.3. The van der Waals surface area contributed by atoms with Gasteiger partial charge in [0.05, 0.1) is 18.8 Å². The fourth-order valence-electron chi connectivity index (χ4n) is 6.53. The third-order valence-electron chi connectivity index (χ3n) is 9.49. The molecule has 1 saturated heterocycles. The third kappa shape index (κ3) is 16.7. The van der Waals surface area contributed by atoms with Crippen LogP contribution in [0.25, 0.3) is 0 Å². The predicted octanol–water partition coefficient (Wildman–Crippen LogP) is 9.72. The number of nitrogens with zero attached hydrogens (tertiary/aromatic N) is 1. The van der Waals surface area contributed by atoms with E-state index in [-0.39, 0.29) is 31.1 Å². The first-order chi connectivity index (χ1) is 23.9. The van der Waals surface area contributed by atoms with Crippen LogP contribution in [0.4, 0.5) is 5.69 Å². The van der Waals surface area contributed by atoms with E-state index in [2.05, 4.69) is 36.2 Å². The number of carboxylic acids is 1. The second kappa shape index (κ2) is 24.4. The van der Waals surface area contributed by atoms with E-state index < -0.39 is 12.3 Å². The van der Waals surface area contributed by atoms with Crippen molar-refractivity contribution in [1.82, 2.24) is 4.90 Å². The number of carboxylic acid groups (broad SMARTS) is 1. The van der Waals surface area contributed by atoms with Crippen LogP contribution in [0.1, 0.15) is 159 Å². The lowest BCUT2D eigenvalue weighted by atomic mass is 9.99. The van der Waals surface area contributed by atoms with Gasteiger partial charge in [-0.2, -0.15) is 0 Å². The number of amides is 1. The first kappa shape index (κ1) is 40.6. The molecule has 1 amide bonds. The van der Waals surface area contributed by atoms with Crippen molar-refractivity contribution in [2.45, 2.75) is 155 Å². The van der Waals surface area contributed by atoms with Crippen molar-refractivity contribution < 1.29 is 29.3 Å². The number of rotatable bonds is 26. The summed E-state index contributed by atoms with van der Waals surface area (Å²) >= 11 is 0. The second-order valence-electron chi connectivity index (χ2n) is 13.8. The number of hydrogen-bond acceptors (Lipinski definition) is 6. The van der Waals surface area contributed by atoms with Gasteiger partial charge in [0.15, 0.2) is 6.29 Å². The standard InChI is InChI=1S/C41H64N2O6/c1-3-5-7-9-11-16-28-43(29-17-12-10-8-6-4-2)31-37-30-38(34-22-20-33(32-44)21-23-34)49-41(48-37)35-24-26-36(27-25-35)42-39(45)18-14-13-15-19-40(46)47/h20-27,37-38,41,44H,3-19,28-32H2,1-2H3,(H,42,45)(H,46,47)/t37-,38+,41+/m1/s1. The van der Waals surface area contributed by atoms with Crippen molar-refractivity contribution in [1.29, 1.82) is 0 Å². The minimum atomic E-state index is -0.800. The first-order valence-corrected chi connectivity index (χ1v) is 19.3. The maximum atomic E-state index is 12.5. The largest absolute Gasteiger partial charge is 0.481 e. The number of hydrogen-bond donors (Lipinski definition) is 3. The molecule has 0 bridgehead atoms. The Morgan fingerprint density at radius 1 is 0.714 bits per heavy atom. The quantitative estimate of drug-likeness (QED) is 0.0849. The summed E-state index contributed by atoms with van der Waals surface area (Å²) in [6.07, 6.45) is 18.0. The molecule has 0 aliphatic carbocycles. The Balaban J connectivity index is 1.66. The highest BCUT2D eigenvalue weighted by Gasteiger charge is 2.33. The molecule has 0 radical (unpaired) electrons. The molecule has 274 valence electrons. The molecule has 1 aliphatic heterocycles. The van der Waals surface area contributed by atoms with E-state index in [1.165, 1.54) is 77.0 Å². The summed E-state index contributed by atoms with van der Waals surface area (Å²) in [7, 11) is 0. The summed E-state index contributed by atoms with van der Waals surface area (Å²) in [5.41, 5.74) is 3.59. The van der Waals surface area contributed by atoms with Gasteiger partial charge in [-0.05, 0) is 62.0 Å². The zero-order valence-corrected chi connectivity index (χ0v) is 30.4. The molecule has 3 N–H and O–H groups in total. The van der Waals surface area contributed by atoms with E-state index in [4.69, 9.17) is 14.6 Å². The molecule has 1 aliphatic rings. The SMILES string of the molecule is CCCCCCCCN(CCCCCCCC)C[C@H]1C[C@@H](c2ccc(CO)cc2)O[C@@H](c2ccc(NC(=O)CCCCCC(=O)O)cc2)O1. The Kier molecular flexibility index (Phi) is 20.2. The van der Waals surface area contributed by atoms with Crippen LogP contribution in [0, 0.1) is 0 Å².